The molecule has 0 aliphatic rings. The fourth-order valence-electron chi connectivity index (χ4n) is 2.08. The van der Waals surface area contributed by atoms with Crippen LogP contribution in [-0.2, 0) is 12.0 Å². The second kappa shape index (κ2) is 5.72. The second-order valence-electron chi connectivity index (χ2n) is 4.81. The van der Waals surface area contributed by atoms with E-state index in [0.29, 0.717) is 21.5 Å². The minimum Gasteiger partial charge on any atom is -0.321 e. The van der Waals surface area contributed by atoms with E-state index >= 15 is 0 Å². The molecule has 4 heteroatoms. The first-order valence-corrected chi connectivity index (χ1v) is 7.01. The smallest absolute Gasteiger partial charge is 0.0456 e. The zero-order chi connectivity index (χ0) is 14.0. The molecule has 0 fully saturated rings. The molecule has 0 radical (unpaired) electrons. The first-order valence-electron chi connectivity index (χ1n) is 5.88. The minimum atomic E-state index is -0.587. The molecule has 0 bridgehead atoms. The van der Waals surface area contributed by atoms with Crippen LogP contribution < -0.4 is 5.73 Å². The van der Waals surface area contributed by atoms with E-state index in [9.17, 15) is 0 Å². The lowest BCUT2D eigenvalue weighted by molar-refractivity contribution is 0.492. The highest BCUT2D eigenvalue weighted by Crippen LogP contribution is 2.31. The normalized spacial score (nSPS) is 14.2. The van der Waals surface area contributed by atoms with E-state index in [1.54, 1.807) is 6.07 Å². The molecule has 0 spiro atoms. The summed E-state index contributed by atoms with van der Waals surface area (Å²) >= 11 is 18.3. The molecule has 1 nitrogen and oxygen atoms in total. The Morgan fingerprint density at radius 3 is 2.32 bits per heavy atom. The Hall–Kier alpha value is -0.730. The van der Waals surface area contributed by atoms with Crippen LogP contribution in [0.15, 0.2) is 42.5 Å². The molecular weight excluding hydrogens is 301 g/mol. The largest absolute Gasteiger partial charge is 0.321 e. The average Bonchev–Trinajstić information content (AvgIpc) is 2.33. The third-order valence-electron chi connectivity index (χ3n) is 3.06. The van der Waals surface area contributed by atoms with Crippen LogP contribution in [0.25, 0.3) is 0 Å². The van der Waals surface area contributed by atoms with Crippen LogP contribution >= 0.6 is 34.8 Å². The second-order valence-corrected chi connectivity index (χ2v) is 6.06. The van der Waals surface area contributed by atoms with Gasteiger partial charge in [0.2, 0.25) is 0 Å². The van der Waals surface area contributed by atoms with Gasteiger partial charge in [-0.25, -0.2) is 0 Å². The van der Waals surface area contributed by atoms with Crippen molar-refractivity contribution in [2.45, 2.75) is 18.9 Å². The molecule has 2 aromatic carbocycles. The summed E-state index contributed by atoms with van der Waals surface area (Å²) in [5, 5.41) is 1.90. The predicted octanol–water partition coefficient (Wildman–Crippen LogP) is 5.06. The van der Waals surface area contributed by atoms with E-state index in [4.69, 9.17) is 40.5 Å². The summed E-state index contributed by atoms with van der Waals surface area (Å²) in [6.07, 6.45) is 0.590. The maximum atomic E-state index is 6.40. The molecular formula is C15H14Cl3N. The van der Waals surface area contributed by atoms with Gasteiger partial charge in [0.15, 0.2) is 0 Å². The minimum absolute atomic E-state index is 0.587. The first-order chi connectivity index (χ1) is 8.90. The first kappa shape index (κ1) is 14.7. The van der Waals surface area contributed by atoms with Gasteiger partial charge in [0, 0.05) is 20.6 Å². The maximum Gasteiger partial charge on any atom is 0.0456 e. The third kappa shape index (κ3) is 3.43. The summed E-state index contributed by atoms with van der Waals surface area (Å²) in [4.78, 5) is 0. The standard InChI is InChI=1S/C15H14Cl3N/c1-15(19,12-4-2-3-5-13(12)17)9-10-6-7-11(16)8-14(10)18/h2-8H,9,19H2,1H3. The highest BCUT2D eigenvalue weighted by atomic mass is 35.5. The lowest BCUT2D eigenvalue weighted by atomic mass is 9.86. The van der Waals surface area contributed by atoms with Crippen molar-refractivity contribution in [3.63, 3.8) is 0 Å². The average molecular weight is 315 g/mol. The zero-order valence-corrected chi connectivity index (χ0v) is 12.7. The SMILES string of the molecule is CC(N)(Cc1ccc(Cl)cc1Cl)c1ccccc1Cl. The Bertz CT molecular complexity index is 594. The van der Waals surface area contributed by atoms with E-state index in [1.165, 1.54) is 0 Å². The maximum absolute atomic E-state index is 6.40. The number of rotatable bonds is 3. The van der Waals surface area contributed by atoms with Crippen LogP contribution in [0.4, 0.5) is 0 Å². The Labute approximate surface area is 128 Å². The molecule has 1 atom stereocenters. The molecule has 0 saturated heterocycles. The number of hydrogen-bond acceptors (Lipinski definition) is 1. The van der Waals surface area contributed by atoms with E-state index in [-0.39, 0.29) is 0 Å². The van der Waals surface area contributed by atoms with Crippen molar-refractivity contribution < 1.29 is 0 Å². The van der Waals surface area contributed by atoms with Gasteiger partial charge in [-0.1, -0.05) is 59.1 Å². The summed E-state index contributed by atoms with van der Waals surface area (Å²) in [7, 11) is 0. The van der Waals surface area contributed by atoms with Crippen molar-refractivity contribution in [3.8, 4) is 0 Å². The van der Waals surface area contributed by atoms with Crippen LogP contribution in [0.3, 0.4) is 0 Å². The molecule has 0 heterocycles. The van der Waals surface area contributed by atoms with E-state index < -0.39 is 5.54 Å². The van der Waals surface area contributed by atoms with Crippen molar-refractivity contribution in [1.82, 2.24) is 0 Å². The number of halogens is 3. The Morgan fingerprint density at radius 1 is 1.00 bits per heavy atom. The van der Waals surface area contributed by atoms with Crippen LogP contribution in [0, 0.1) is 0 Å². The van der Waals surface area contributed by atoms with Gasteiger partial charge in [-0.3, -0.25) is 0 Å². The van der Waals surface area contributed by atoms with Crippen molar-refractivity contribution in [2.24, 2.45) is 5.73 Å². The van der Waals surface area contributed by atoms with Crippen LogP contribution in [0.5, 0.6) is 0 Å². The molecule has 0 aliphatic carbocycles. The van der Waals surface area contributed by atoms with E-state index in [2.05, 4.69) is 0 Å². The quantitative estimate of drug-likeness (QED) is 0.841. The highest BCUT2D eigenvalue weighted by Gasteiger charge is 2.25. The zero-order valence-electron chi connectivity index (χ0n) is 10.5. The van der Waals surface area contributed by atoms with Gasteiger partial charge in [0.05, 0.1) is 0 Å². The van der Waals surface area contributed by atoms with Gasteiger partial charge in [0.25, 0.3) is 0 Å². The van der Waals surface area contributed by atoms with Gasteiger partial charge < -0.3 is 5.73 Å². The van der Waals surface area contributed by atoms with E-state index in [0.717, 1.165) is 11.1 Å². The highest BCUT2D eigenvalue weighted by molar-refractivity contribution is 6.35. The molecule has 2 rings (SSSR count). The van der Waals surface area contributed by atoms with Gasteiger partial charge >= 0.3 is 0 Å². The fraction of sp³-hybridized carbons (Fsp3) is 0.200. The molecule has 1 unspecified atom stereocenters. The molecule has 2 aromatic rings. The summed E-state index contributed by atoms with van der Waals surface area (Å²) < 4.78 is 0. The summed E-state index contributed by atoms with van der Waals surface area (Å²) in [6.45, 7) is 1.94. The van der Waals surface area contributed by atoms with Crippen LogP contribution in [0.1, 0.15) is 18.1 Å². The lowest BCUT2D eigenvalue weighted by Gasteiger charge is -2.27. The fourth-order valence-corrected chi connectivity index (χ4v) is 2.91. The molecule has 0 saturated carbocycles. The number of hydrogen-bond donors (Lipinski definition) is 1. The van der Waals surface area contributed by atoms with Gasteiger partial charge in [0.1, 0.15) is 0 Å². The summed E-state index contributed by atoms with van der Waals surface area (Å²) in [5.74, 6) is 0. The predicted molar refractivity (Wildman–Crippen MR) is 83.2 cm³/mol. The summed E-state index contributed by atoms with van der Waals surface area (Å²) in [5.41, 5.74) is 7.67. The molecule has 0 aliphatic heterocycles. The van der Waals surface area contributed by atoms with Crippen molar-refractivity contribution in [2.75, 3.05) is 0 Å². The monoisotopic (exact) mass is 313 g/mol. The van der Waals surface area contributed by atoms with E-state index in [1.807, 2.05) is 43.3 Å². The van der Waals surface area contributed by atoms with Crippen molar-refractivity contribution in [3.05, 3.63) is 68.7 Å². The van der Waals surface area contributed by atoms with Gasteiger partial charge in [-0.05, 0) is 42.7 Å². The topological polar surface area (TPSA) is 26.0 Å². The van der Waals surface area contributed by atoms with Gasteiger partial charge in [-0.15, -0.1) is 0 Å². The Balaban J connectivity index is 2.33. The molecule has 0 amide bonds. The van der Waals surface area contributed by atoms with Crippen molar-refractivity contribution in [1.29, 1.82) is 0 Å². The number of benzene rings is 2. The lowest BCUT2D eigenvalue weighted by Crippen LogP contribution is -2.35. The number of nitrogens with two attached hydrogens (primary N) is 1. The molecule has 0 aromatic heterocycles. The Kier molecular flexibility index (Phi) is 4.42. The molecule has 2 N–H and O–H groups in total. The van der Waals surface area contributed by atoms with Crippen LogP contribution in [0.2, 0.25) is 15.1 Å². The third-order valence-corrected chi connectivity index (χ3v) is 3.98. The Morgan fingerprint density at radius 2 is 1.68 bits per heavy atom. The van der Waals surface area contributed by atoms with Gasteiger partial charge in [-0.2, -0.15) is 0 Å². The molecule has 19 heavy (non-hydrogen) atoms. The van der Waals surface area contributed by atoms with Crippen molar-refractivity contribution >= 4 is 34.8 Å². The van der Waals surface area contributed by atoms with Crippen LogP contribution in [-0.4, -0.2) is 0 Å². The summed E-state index contributed by atoms with van der Waals surface area (Å²) in [6, 6.07) is 13.0. The molecule has 100 valence electrons.